The van der Waals surface area contributed by atoms with Crippen LogP contribution in [0.4, 0.5) is 18.9 Å². The van der Waals surface area contributed by atoms with Gasteiger partial charge in [-0.15, -0.1) is 0 Å². The van der Waals surface area contributed by atoms with Crippen molar-refractivity contribution in [3.8, 4) is 0 Å². The lowest BCUT2D eigenvalue weighted by molar-refractivity contribution is -0.184. The predicted octanol–water partition coefficient (Wildman–Crippen LogP) is 3.81. The summed E-state index contributed by atoms with van der Waals surface area (Å²) in [5.74, 6) is -1.97. The van der Waals surface area contributed by atoms with Crippen LogP contribution >= 0.6 is 0 Å². The summed E-state index contributed by atoms with van der Waals surface area (Å²) < 4.78 is 37.7. The number of halogens is 3. The third kappa shape index (κ3) is 4.06. The maximum absolute atomic E-state index is 12.6. The highest BCUT2D eigenvalue weighted by Crippen LogP contribution is 2.39. The van der Waals surface area contributed by atoms with E-state index in [1.807, 2.05) is 0 Å². The Hall–Kier alpha value is -1.85. The van der Waals surface area contributed by atoms with Crippen molar-refractivity contribution in [1.29, 1.82) is 0 Å². The molecule has 0 bridgehead atoms. The smallest absolute Gasteiger partial charge is 0.326 e. The molecule has 0 heterocycles. The zero-order valence-electron chi connectivity index (χ0n) is 11.3. The van der Waals surface area contributed by atoms with Gasteiger partial charge in [-0.05, 0) is 37.8 Å². The number of amides is 1. The standard InChI is InChI=1S/C15H16F3NO2/c16-15(17,18)12-6-4-11(5-7-12)14(21)19-13-3-1-2-10(8-13)9-20/h1-3,8-9,11-12H,4-7H2,(H,19,21). The van der Waals surface area contributed by atoms with E-state index in [2.05, 4.69) is 5.32 Å². The summed E-state index contributed by atoms with van der Waals surface area (Å²) in [6.07, 6.45) is -3.03. The molecule has 1 aliphatic rings. The summed E-state index contributed by atoms with van der Waals surface area (Å²) >= 11 is 0. The molecular weight excluding hydrogens is 283 g/mol. The van der Waals surface area contributed by atoms with Gasteiger partial charge in [0.15, 0.2) is 0 Å². The van der Waals surface area contributed by atoms with Gasteiger partial charge in [0.2, 0.25) is 5.91 Å². The predicted molar refractivity (Wildman–Crippen MR) is 72.0 cm³/mol. The molecule has 1 amide bonds. The van der Waals surface area contributed by atoms with Crippen molar-refractivity contribution in [3.63, 3.8) is 0 Å². The molecule has 114 valence electrons. The number of benzene rings is 1. The molecule has 2 rings (SSSR count). The van der Waals surface area contributed by atoms with E-state index < -0.39 is 18.0 Å². The fourth-order valence-corrected chi connectivity index (χ4v) is 2.62. The highest BCUT2D eigenvalue weighted by molar-refractivity contribution is 5.93. The van der Waals surface area contributed by atoms with Crippen molar-refractivity contribution in [3.05, 3.63) is 29.8 Å². The Labute approximate surface area is 120 Å². The van der Waals surface area contributed by atoms with E-state index in [-0.39, 0.29) is 31.6 Å². The van der Waals surface area contributed by atoms with E-state index in [4.69, 9.17) is 0 Å². The zero-order valence-corrected chi connectivity index (χ0v) is 11.3. The fourth-order valence-electron chi connectivity index (χ4n) is 2.62. The molecule has 1 aromatic rings. The molecule has 21 heavy (non-hydrogen) atoms. The monoisotopic (exact) mass is 299 g/mol. The van der Waals surface area contributed by atoms with Crippen LogP contribution in [0.3, 0.4) is 0 Å². The molecule has 0 aliphatic heterocycles. The van der Waals surface area contributed by atoms with Crippen LogP contribution in [-0.2, 0) is 4.79 Å². The SMILES string of the molecule is O=Cc1cccc(NC(=O)C2CCC(C(F)(F)F)CC2)c1. The second-order valence-electron chi connectivity index (χ2n) is 5.32. The van der Waals surface area contributed by atoms with Crippen LogP contribution < -0.4 is 5.32 Å². The minimum atomic E-state index is -4.17. The molecule has 1 saturated carbocycles. The Balaban J connectivity index is 1.91. The minimum Gasteiger partial charge on any atom is -0.326 e. The number of rotatable bonds is 3. The largest absolute Gasteiger partial charge is 0.391 e. The number of nitrogens with one attached hydrogen (secondary N) is 1. The van der Waals surface area contributed by atoms with Crippen molar-refractivity contribution in [2.75, 3.05) is 5.32 Å². The number of anilines is 1. The first kappa shape index (κ1) is 15.5. The maximum atomic E-state index is 12.6. The van der Waals surface area contributed by atoms with E-state index in [0.29, 0.717) is 17.5 Å². The molecule has 0 radical (unpaired) electrons. The van der Waals surface area contributed by atoms with Gasteiger partial charge in [0.1, 0.15) is 6.29 Å². The maximum Gasteiger partial charge on any atom is 0.391 e. The lowest BCUT2D eigenvalue weighted by Crippen LogP contribution is -2.32. The highest BCUT2D eigenvalue weighted by Gasteiger charge is 2.42. The van der Waals surface area contributed by atoms with Gasteiger partial charge in [0, 0.05) is 17.2 Å². The van der Waals surface area contributed by atoms with Gasteiger partial charge >= 0.3 is 6.18 Å². The molecule has 0 saturated heterocycles. The Kier molecular flexibility index (Phi) is 4.65. The number of alkyl halides is 3. The average Bonchev–Trinajstić information content (AvgIpc) is 2.46. The van der Waals surface area contributed by atoms with Crippen molar-refractivity contribution in [2.45, 2.75) is 31.9 Å². The van der Waals surface area contributed by atoms with Gasteiger partial charge in [-0.1, -0.05) is 12.1 Å². The van der Waals surface area contributed by atoms with Crippen LogP contribution in [0.1, 0.15) is 36.0 Å². The van der Waals surface area contributed by atoms with Gasteiger partial charge in [0.25, 0.3) is 0 Å². The van der Waals surface area contributed by atoms with Crippen LogP contribution in [0.5, 0.6) is 0 Å². The normalized spacial score (nSPS) is 22.6. The van der Waals surface area contributed by atoms with Crippen molar-refractivity contribution >= 4 is 17.9 Å². The van der Waals surface area contributed by atoms with Crippen LogP contribution in [0.25, 0.3) is 0 Å². The second kappa shape index (κ2) is 6.28. The summed E-state index contributed by atoms with van der Waals surface area (Å²) in [4.78, 5) is 22.7. The van der Waals surface area contributed by atoms with Crippen LogP contribution in [0, 0.1) is 11.8 Å². The number of hydrogen-bond donors (Lipinski definition) is 1. The van der Waals surface area contributed by atoms with Crippen molar-refractivity contribution in [1.82, 2.24) is 0 Å². The first-order chi connectivity index (χ1) is 9.90. The summed E-state index contributed by atoms with van der Waals surface area (Å²) in [5.41, 5.74) is 0.927. The van der Waals surface area contributed by atoms with Gasteiger partial charge in [0.05, 0.1) is 5.92 Å². The minimum absolute atomic E-state index is 0.00400. The molecule has 0 aromatic heterocycles. The Morgan fingerprint density at radius 2 is 1.86 bits per heavy atom. The van der Waals surface area contributed by atoms with Crippen LogP contribution in [0.15, 0.2) is 24.3 Å². The zero-order chi connectivity index (χ0) is 15.5. The molecule has 6 heteroatoms. The van der Waals surface area contributed by atoms with E-state index in [1.165, 1.54) is 6.07 Å². The van der Waals surface area contributed by atoms with E-state index in [0.717, 1.165) is 0 Å². The average molecular weight is 299 g/mol. The third-order valence-corrected chi connectivity index (χ3v) is 3.85. The lowest BCUT2D eigenvalue weighted by atomic mass is 9.81. The molecule has 0 spiro atoms. The van der Waals surface area contributed by atoms with Gasteiger partial charge in [-0.2, -0.15) is 13.2 Å². The first-order valence-corrected chi connectivity index (χ1v) is 6.83. The Morgan fingerprint density at radius 3 is 2.43 bits per heavy atom. The Bertz CT molecular complexity index is 520. The highest BCUT2D eigenvalue weighted by atomic mass is 19.4. The fraction of sp³-hybridized carbons (Fsp3) is 0.467. The van der Waals surface area contributed by atoms with E-state index in [1.54, 1.807) is 18.2 Å². The number of hydrogen-bond acceptors (Lipinski definition) is 2. The molecule has 0 atom stereocenters. The lowest BCUT2D eigenvalue weighted by Gasteiger charge is -2.29. The molecular formula is C15H16F3NO2. The van der Waals surface area contributed by atoms with Crippen LogP contribution in [0.2, 0.25) is 0 Å². The molecule has 1 fully saturated rings. The number of aldehydes is 1. The van der Waals surface area contributed by atoms with Crippen molar-refractivity contribution in [2.24, 2.45) is 11.8 Å². The van der Waals surface area contributed by atoms with E-state index >= 15 is 0 Å². The summed E-state index contributed by atoms with van der Waals surface area (Å²) in [7, 11) is 0. The van der Waals surface area contributed by atoms with Gasteiger partial charge in [-0.25, -0.2) is 0 Å². The molecule has 1 N–H and O–H groups in total. The molecule has 1 aliphatic carbocycles. The topological polar surface area (TPSA) is 46.2 Å². The quantitative estimate of drug-likeness (QED) is 0.863. The number of carbonyl (C=O) groups excluding carboxylic acids is 2. The summed E-state index contributed by atoms with van der Waals surface area (Å²) in [6, 6.07) is 6.43. The van der Waals surface area contributed by atoms with Crippen LogP contribution in [-0.4, -0.2) is 18.4 Å². The molecule has 1 aromatic carbocycles. The first-order valence-electron chi connectivity index (χ1n) is 6.83. The Morgan fingerprint density at radius 1 is 1.19 bits per heavy atom. The van der Waals surface area contributed by atoms with Gasteiger partial charge < -0.3 is 5.32 Å². The molecule has 3 nitrogen and oxygen atoms in total. The second-order valence-corrected chi connectivity index (χ2v) is 5.32. The van der Waals surface area contributed by atoms with Gasteiger partial charge in [-0.3, -0.25) is 9.59 Å². The molecule has 0 unspecified atom stereocenters. The summed E-state index contributed by atoms with van der Waals surface area (Å²) in [6.45, 7) is 0. The number of carbonyl (C=O) groups is 2. The van der Waals surface area contributed by atoms with E-state index in [9.17, 15) is 22.8 Å². The summed E-state index contributed by atoms with van der Waals surface area (Å²) in [5, 5.41) is 2.66. The van der Waals surface area contributed by atoms with Crippen molar-refractivity contribution < 1.29 is 22.8 Å². The third-order valence-electron chi connectivity index (χ3n) is 3.85.